The molecule has 0 saturated carbocycles. The van der Waals surface area contributed by atoms with Crippen molar-refractivity contribution in [3.63, 3.8) is 0 Å². The largest absolute Gasteiger partial charge is 0.496 e. The zero-order valence-corrected chi connectivity index (χ0v) is 18.8. The minimum Gasteiger partial charge on any atom is -0.496 e. The number of hydrogen-bond donors (Lipinski definition) is 0. The van der Waals surface area contributed by atoms with Crippen LogP contribution in [-0.2, 0) is 40.4 Å². The fourth-order valence-electron chi connectivity index (χ4n) is 3.88. The Morgan fingerprint density at radius 2 is 2.12 bits per heavy atom. The Balaban J connectivity index is 1.23. The quantitative estimate of drug-likeness (QED) is 0.409. The molecule has 5 rings (SSSR count). The van der Waals surface area contributed by atoms with Crippen LogP contribution >= 0.6 is 11.5 Å². The van der Waals surface area contributed by atoms with Gasteiger partial charge in [-0.1, -0.05) is 12.1 Å². The van der Waals surface area contributed by atoms with E-state index in [0.29, 0.717) is 13.2 Å². The average Bonchev–Trinajstić information content (AvgIpc) is 3.41. The van der Waals surface area contributed by atoms with E-state index in [-0.39, 0.29) is 19.0 Å². The van der Waals surface area contributed by atoms with E-state index in [1.165, 1.54) is 11.5 Å². The van der Waals surface area contributed by atoms with Gasteiger partial charge in [-0.3, -0.25) is 4.79 Å². The van der Waals surface area contributed by atoms with Gasteiger partial charge in [-0.05, 0) is 59.9 Å². The number of carbonyl (C=O) groups excluding carboxylic acids is 1. The van der Waals surface area contributed by atoms with Gasteiger partial charge in [0.1, 0.15) is 24.8 Å². The third-order valence-electron chi connectivity index (χ3n) is 5.49. The molecule has 7 nitrogen and oxygen atoms in total. The molecule has 0 aliphatic carbocycles. The lowest BCUT2D eigenvalue weighted by atomic mass is 10.1. The third kappa shape index (κ3) is 4.11. The number of imidazole rings is 1. The molecule has 0 unspecified atom stereocenters. The average molecular weight is 450 g/mol. The molecule has 0 amide bonds. The standard InChI is InChI=1S/C24H23N3O4S/c1-15-3-5-18(22(9-15)29-2)19-11-17(32-26-19)12-24(28)31-13-16-4-6-21-20(10-16)25-23-14-30-8-7-27(21)23/h3-6,9-11H,7-8,12-14H2,1-2H3. The summed E-state index contributed by atoms with van der Waals surface area (Å²) in [6.45, 7) is 4.27. The lowest BCUT2D eigenvalue weighted by Crippen LogP contribution is -2.16. The second kappa shape index (κ2) is 8.72. The lowest BCUT2D eigenvalue weighted by molar-refractivity contribution is -0.144. The highest BCUT2D eigenvalue weighted by atomic mass is 32.1. The van der Waals surface area contributed by atoms with Gasteiger partial charge in [0, 0.05) is 17.0 Å². The maximum Gasteiger partial charge on any atom is 0.311 e. The number of hydrogen-bond acceptors (Lipinski definition) is 7. The Hall–Kier alpha value is -3.23. The molecule has 0 spiro atoms. The molecule has 2 aromatic heterocycles. The summed E-state index contributed by atoms with van der Waals surface area (Å²) >= 11 is 1.30. The molecule has 0 saturated heterocycles. The molecule has 4 aromatic rings. The summed E-state index contributed by atoms with van der Waals surface area (Å²) in [5, 5.41) is 0. The van der Waals surface area contributed by atoms with Crippen molar-refractivity contribution in [3.8, 4) is 17.0 Å². The highest BCUT2D eigenvalue weighted by Crippen LogP contribution is 2.31. The van der Waals surface area contributed by atoms with E-state index < -0.39 is 0 Å². The van der Waals surface area contributed by atoms with Gasteiger partial charge in [-0.25, -0.2) is 4.98 Å². The monoisotopic (exact) mass is 449 g/mol. The van der Waals surface area contributed by atoms with Crippen LogP contribution in [0.15, 0.2) is 42.5 Å². The van der Waals surface area contributed by atoms with Gasteiger partial charge in [0.05, 0.1) is 36.9 Å². The molecular formula is C24H23N3O4S. The number of aryl methyl sites for hydroxylation is 1. The molecule has 8 heteroatoms. The van der Waals surface area contributed by atoms with Crippen LogP contribution in [0.2, 0.25) is 0 Å². The molecule has 0 bridgehead atoms. The molecule has 32 heavy (non-hydrogen) atoms. The lowest BCUT2D eigenvalue weighted by Gasteiger charge is -2.14. The zero-order valence-electron chi connectivity index (χ0n) is 18.0. The Morgan fingerprint density at radius 3 is 3.00 bits per heavy atom. The molecule has 1 aliphatic heterocycles. The van der Waals surface area contributed by atoms with Crippen molar-refractivity contribution in [3.05, 3.63) is 64.3 Å². The number of benzene rings is 2. The molecule has 0 radical (unpaired) electrons. The molecule has 3 heterocycles. The Labute approximate surface area is 189 Å². The van der Waals surface area contributed by atoms with Crippen molar-refractivity contribution in [2.45, 2.75) is 33.1 Å². The van der Waals surface area contributed by atoms with Crippen molar-refractivity contribution < 1.29 is 19.0 Å². The van der Waals surface area contributed by atoms with Crippen LogP contribution < -0.4 is 4.74 Å². The Kier molecular flexibility index (Phi) is 5.63. The number of aromatic nitrogens is 3. The van der Waals surface area contributed by atoms with E-state index >= 15 is 0 Å². The first kappa shape index (κ1) is 20.7. The van der Waals surface area contributed by atoms with Crippen LogP contribution in [0.5, 0.6) is 5.75 Å². The van der Waals surface area contributed by atoms with E-state index in [1.807, 2.05) is 49.4 Å². The summed E-state index contributed by atoms with van der Waals surface area (Å²) < 4.78 is 23.1. The minimum absolute atomic E-state index is 0.185. The molecule has 0 atom stereocenters. The minimum atomic E-state index is -0.284. The Morgan fingerprint density at radius 1 is 1.22 bits per heavy atom. The van der Waals surface area contributed by atoms with Crippen LogP contribution in [0.4, 0.5) is 0 Å². The Bertz CT molecular complexity index is 1290. The number of methoxy groups -OCH3 is 1. The van der Waals surface area contributed by atoms with Gasteiger partial charge < -0.3 is 18.8 Å². The van der Waals surface area contributed by atoms with Crippen molar-refractivity contribution >= 4 is 28.5 Å². The van der Waals surface area contributed by atoms with E-state index in [0.717, 1.165) is 56.4 Å². The number of fused-ring (bicyclic) bond motifs is 3. The zero-order chi connectivity index (χ0) is 22.1. The maximum atomic E-state index is 12.4. The number of carbonyl (C=O) groups is 1. The molecule has 1 aliphatic rings. The van der Waals surface area contributed by atoms with Crippen LogP contribution in [-0.4, -0.2) is 33.6 Å². The van der Waals surface area contributed by atoms with Gasteiger partial charge in [-0.2, -0.15) is 4.37 Å². The predicted octanol–water partition coefficient (Wildman–Crippen LogP) is 4.29. The summed E-state index contributed by atoms with van der Waals surface area (Å²) in [5.41, 5.74) is 5.73. The number of esters is 1. The van der Waals surface area contributed by atoms with Gasteiger partial charge in [0.15, 0.2) is 0 Å². The van der Waals surface area contributed by atoms with Crippen LogP contribution in [0.25, 0.3) is 22.3 Å². The van der Waals surface area contributed by atoms with Crippen molar-refractivity contribution in [2.75, 3.05) is 13.7 Å². The first-order valence-electron chi connectivity index (χ1n) is 10.4. The third-order valence-corrected chi connectivity index (χ3v) is 6.28. The first-order chi connectivity index (χ1) is 15.6. The summed E-state index contributed by atoms with van der Waals surface area (Å²) in [7, 11) is 1.65. The number of nitrogens with zero attached hydrogens (tertiary/aromatic N) is 3. The van der Waals surface area contributed by atoms with E-state index in [2.05, 4.69) is 13.9 Å². The van der Waals surface area contributed by atoms with Crippen molar-refractivity contribution in [1.82, 2.24) is 13.9 Å². The van der Waals surface area contributed by atoms with Crippen LogP contribution in [0.1, 0.15) is 21.8 Å². The van der Waals surface area contributed by atoms with Gasteiger partial charge in [0.25, 0.3) is 0 Å². The number of rotatable bonds is 6. The second-order valence-electron chi connectivity index (χ2n) is 7.77. The molecule has 164 valence electrons. The SMILES string of the molecule is COc1cc(C)ccc1-c1cc(CC(=O)OCc2ccc3c(c2)nc2n3CCOC2)sn1. The normalized spacial score (nSPS) is 13.2. The molecule has 0 N–H and O–H groups in total. The predicted molar refractivity (Wildman–Crippen MR) is 122 cm³/mol. The molecule has 0 fully saturated rings. The maximum absolute atomic E-state index is 12.4. The molecular weight excluding hydrogens is 426 g/mol. The van der Waals surface area contributed by atoms with E-state index in [4.69, 9.17) is 14.2 Å². The molecule has 2 aromatic carbocycles. The van der Waals surface area contributed by atoms with Gasteiger partial charge >= 0.3 is 5.97 Å². The first-order valence-corrected chi connectivity index (χ1v) is 11.2. The van der Waals surface area contributed by atoms with Crippen LogP contribution in [0, 0.1) is 6.92 Å². The van der Waals surface area contributed by atoms with Crippen molar-refractivity contribution in [2.24, 2.45) is 0 Å². The second-order valence-corrected chi connectivity index (χ2v) is 8.66. The topological polar surface area (TPSA) is 75.5 Å². The highest BCUT2D eigenvalue weighted by Gasteiger charge is 2.16. The summed E-state index contributed by atoms with van der Waals surface area (Å²) in [5.74, 6) is 1.42. The van der Waals surface area contributed by atoms with E-state index in [1.54, 1.807) is 7.11 Å². The van der Waals surface area contributed by atoms with Crippen molar-refractivity contribution in [1.29, 1.82) is 0 Å². The van der Waals surface area contributed by atoms with Gasteiger partial charge in [0.2, 0.25) is 0 Å². The highest BCUT2D eigenvalue weighted by molar-refractivity contribution is 7.06. The summed E-state index contributed by atoms with van der Waals surface area (Å²) in [4.78, 5) is 17.9. The summed E-state index contributed by atoms with van der Waals surface area (Å²) in [6.07, 6.45) is 0.185. The number of ether oxygens (including phenoxy) is 3. The van der Waals surface area contributed by atoms with Gasteiger partial charge in [-0.15, -0.1) is 0 Å². The fraction of sp³-hybridized carbons (Fsp3) is 0.292. The van der Waals surface area contributed by atoms with E-state index in [9.17, 15) is 4.79 Å². The smallest absolute Gasteiger partial charge is 0.311 e. The van der Waals surface area contributed by atoms with Crippen LogP contribution in [0.3, 0.4) is 0 Å². The fourth-order valence-corrected chi connectivity index (χ4v) is 4.60. The summed E-state index contributed by atoms with van der Waals surface area (Å²) in [6, 6.07) is 13.9.